The number of aryl methyl sites for hydroxylation is 1. The molecule has 0 fully saturated rings. The standard InChI is InChI=1S/C13H15ClN2OS/c1-2-12-16-10(8-18-12)7-17-13-9(6-15)4-3-5-11(13)14/h3-5,8H,2,6-7,15H2,1H3. The Bertz CT molecular complexity index is 527. The first-order chi connectivity index (χ1) is 8.74. The molecule has 0 saturated heterocycles. The van der Waals surface area contributed by atoms with Gasteiger partial charge in [-0.15, -0.1) is 11.3 Å². The van der Waals surface area contributed by atoms with Gasteiger partial charge >= 0.3 is 0 Å². The van der Waals surface area contributed by atoms with E-state index in [9.17, 15) is 0 Å². The summed E-state index contributed by atoms with van der Waals surface area (Å²) in [5.41, 5.74) is 7.50. The summed E-state index contributed by atoms with van der Waals surface area (Å²) < 4.78 is 5.73. The van der Waals surface area contributed by atoms with Gasteiger partial charge in [-0.2, -0.15) is 0 Å². The molecule has 0 saturated carbocycles. The highest BCUT2D eigenvalue weighted by molar-refractivity contribution is 7.09. The van der Waals surface area contributed by atoms with Crippen LogP contribution in [0.3, 0.4) is 0 Å². The van der Waals surface area contributed by atoms with Crippen LogP contribution in [0.2, 0.25) is 5.02 Å². The van der Waals surface area contributed by atoms with Gasteiger partial charge in [-0.25, -0.2) is 4.98 Å². The van der Waals surface area contributed by atoms with Gasteiger partial charge in [0.1, 0.15) is 12.4 Å². The van der Waals surface area contributed by atoms with E-state index in [-0.39, 0.29) is 0 Å². The Morgan fingerprint density at radius 3 is 2.94 bits per heavy atom. The van der Waals surface area contributed by atoms with Gasteiger partial charge in [0.05, 0.1) is 15.7 Å². The third-order valence-corrected chi connectivity index (χ3v) is 3.87. The first-order valence-corrected chi connectivity index (χ1v) is 7.04. The molecular weight excluding hydrogens is 268 g/mol. The molecule has 0 aliphatic heterocycles. The molecule has 0 aliphatic rings. The molecule has 96 valence electrons. The minimum Gasteiger partial charge on any atom is -0.485 e. The molecule has 0 aliphatic carbocycles. The predicted octanol–water partition coefficient (Wildman–Crippen LogP) is 3.40. The molecule has 0 radical (unpaired) electrons. The Hall–Kier alpha value is -1.10. The molecule has 1 heterocycles. The lowest BCUT2D eigenvalue weighted by atomic mass is 10.2. The zero-order valence-electron chi connectivity index (χ0n) is 10.1. The van der Waals surface area contributed by atoms with Crippen LogP contribution >= 0.6 is 22.9 Å². The predicted molar refractivity (Wildman–Crippen MR) is 75.2 cm³/mol. The van der Waals surface area contributed by atoms with Crippen LogP contribution in [-0.4, -0.2) is 4.98 Å². The van der Waals surface area contributed by atoms with E-state index in [4.69, 9.17) is 22.1 Å². The summed E-state index contributed by atoms with van der Waals surface area (Å²) in [7, 11) is 0. The van der Waals surface area contributed by atoms with Crippen LogP contribution in [0.25, 0.3) is 0 Å². The highest BCUT2D eigenvalue weighted by Gasteiger charge is 2.08. The van der Waals surface area contributed by atoms with E-state index < -0.39 is 0 Å². The second-order valence-electron chi connectivity index (χ2n) is 3.81. The van der Waals surface area contributed by atoms with Gasteiger partial charge < -0.3 is 10.5 Å². The number of aromatic nitrogens is 1. The summed E-state index contributed by atoms with van der Waals surface area (Å²) in [5, 5.41) is 3.72. The van der Waals surface area contributed by atoms with E-state index in [0.29, 0.717) is 23.9 Å². The summed E-state index contributed by atoms with van der Waals surface area (Å²) in [4.78, 5) is 4.45. The molecule has 1 aromatic carbocycles. The number of ether oxygens (including phenoxy) is 1. The van der Waals surface area contributed by atoms with E-state index in [1.54, 1.807) is 17.4 Å². The van der Waals surface area contributed by atoms with Crippen LogP contribution < -0.4 is 10.5 Å². The fourth-order valence-corrected chi connectivity index (χ4v) is 2.58. The summed E-state index contributed by atoms with van der Waals surface area (Å²) in [6, 6.07) is 5.59. The average molecular weight is 283 g/mol. The van der Waals surface area contributed by atoms with Crippen LogP contribution in [0.4, 0.5) is 0 Å². The first-order valence-electron chi connectivity index (χ1n) is 5.78. The van der Waals surface area contributed by atoms with Crippen molar-refractivity contribution in [2.75, 3.05) is 0 Å². The maximum atomic E-state index is 6.11. The van der Waals surface area contributed by atoms with Gasteiger partial charge in [0.15, 0.2) is 0 Å². The van der Waals surface area contributed by atoms with Crippen molar-refractivity contribution in [1.82, 2.24) is 4.98 Å². The number of hydrogen-bond donors (Lipinski definition) is 1. The van der Waals surface area contributed by atoms with Crippen molar-refractivity contribution in [3.63, 3.8) is 0 Å². The Kier molecular flexibility index (Phi) is 4.58. The SMILES string of the molecule is CCc1nc(COc2c(Cl)cccc2CN)cs1. The molecule has 18 heavy (non-hydrogen) atoms. The zero-order chi connectivity index (χ0) is 13.0. The molecule has 3 nitrogen and oxygen atoms in total. The number of benzene rings is 1. The molecule has 2 N–H and O–H groups in total. The van der Waals surface area contributed by atoms with Gasteiger partial charge in [-0.3, -0.25) is 0 Å². The van der Waals surface area contributed by atoms with Gasteiger partial charge in [0.25, 0.3) is 0 Å². The number of thiazole rings is 1. The topological polar surface area (TPSA) is 48.1 Å². The zero-order valence-corrected chi connectivity index (χ0v) is 11.7. The molecule has 2 aromatic rings. The summed E-state index contributed by atoms with van der Waals surface area (Å²) in [6.07, 6.45) is 0.949. The van der Waals surface area contributed by atoms with E-state index >= 15 is 0 Å². The molecule has 2 rings (SSSR count). The summed E-state index contributed by atoms with van der Waals surface area (Å²) in [5.74, 6) is 0.660. The van der Waals surface area contributed by atoms with Crippen molar-refractivity contribution in [2.45, 2.75) is 26.5 Å². The van der Waals surface area contributed by atoms with E-state index in [1.165, 1.54) is 0 Å². The number of para-hydroxylation sites is 1. The molecule has 0 atom stereocenters. The van der Waals surface area contributed by atoms with E-state index in [1.807, 2.05) is 17.5 Å². The summed E-state index contributed by atoms with van der Waals surface area (Å²) in [6.45, 7) is 2.92. The molecule has 0 spiro atoms. The summed E-state index contributed by atoms with van der Waals surface area (Å²) >= 11 is 7.76. The largest absolute Gasteiger partial charge is 0.485 e. The number of halogens is 1. The van der Waals surface area contributed by atoms with Crippen molar-refractivity contribution in [3.8, 4) is 5.75 Å². The quantitative estimate of drug-likeness (QED) is 0.914. The monoisotopic (exact) mass is 282 g/mol. The van der Waals surface area contributed by atoms with Crippen LogP contribution in [0, 0.1) is 0 Å². The fourth-order valence-electron chi connectivity index (χ4n) is 1.60. The van der Waals surface area contributed by atoms with Crippen LogP contribution in [0.1, 0.15) is 23.2 Å². The average Bonchev–Trinajstić information content (AvgIpc) is 2.85. The number of nitrogens with two attached hydrogens (primary N) is 1. The van der Waals surface area contributed by atoms with Gasteiger partial charge in [-0.05, 0) is 12.5 Å². The maximum Gasteiger partial charge on any atom is 0.142 e. The lowest BCUT2D eigenvalue weighted by molar-refractivity contribution is 0.299. The van der Waals surface area contributed by atoms with Crippen LogP contribution in [0.15, 0.2) is 23.6 Å². The molecular formula is C13H15ClN2OS. The second kappa shape index (κ2) is 6.18. The highest BCUT2D eigenvalue weighted by atomic mass is 35.5. The minimum atomic E-state index is 0.410. The molecule has 0 bridgehead atoms. The van der Waals surface area contributed by atoms with Crippen molar-refractivity contribution in [2.24, 2.45) is 5.73 Å². The van der Waals surface area contributed by atoms with Gasteiger partial charge in [-0.1, -0.05) is 30.7 Å². The number of hydrogen-bond acceptors (Lipinski definition) is 4. The Balaban J connectivity index is 2.10. The smallest absolute Gasteiger partial charge is 0.142 e. The maximum absolute atomic E-state index is 6.11. The molecule has 0 unspecified atom stereocenters. The minimum absolute atomic E-state index is 0.410. The van der Waals surface area contributed by atoms with Crippen molar-refractivity contribution in [3.05, 3.63) is 44.9 Å². The van der Waals surface area contributed by atoms with Gasteiger partial charge in [0, 0.05) is 17.5 Å². The molecule has 5 heteroatoms. The van der Waals surface area contributed by atoms with Gasteiger partial charge in [0.2, 0.25) is 0 Å². The normalized spacial score (nSPS) is 10.6. The third-order valence-electron chi connectivity index (χ3n) is 2.53. The molecule has 0 amide bonds. The molecule has 1 aromatic heterocycles. The lowest BCUT2D eigenvalue weighted by Gasteiger charge is -2.10. The lowest BCUT2D eigenvalue weighted by Crippen LogP contribution is -2.03. The number of nitrogens with zero attached hydrogens (tertiary/aromatic N) is 1. The Morgan fingerprint density at radius 1 is 1.44 bits per heavy atom. The van der Waals surface area contributed by atoms with E-state index in [0.717, 1.165) is 22.7 Å². The van der Waals surface area contributed by atoms with Crippen LogP contribution in [0.5, 0.6) is 5.75 Å². The Morgan fingerprint density at radius 2 is 2.28 bits per heavy atom. The Labute approximate surface area is 116 Å². The van der Waals surface area contributed by atoms with E-state index in [2.05, 4.69) is 11.9 Å². The van der Waals surface area contributed by atoms with Crippen molar-refractivity contribution in [1.29, 1.82) is 0 Å². The van der Waals surface area contributed by atoms with Crippen molar-refractivity contribution < 1.29 is 4.74 Å². The fraction of sp³-hybridized carbons (Fsp3) is 0.308. The second-order valence-corrected chi connectivity index (χ2v) is 5.16. The first kappa shape index (κ1) is 13.3. The highest BCUT2D eigenvalue weighted by Crippen LogP contribution is 2.29. The number of rotatable bonds is 5. The van der Waals surface area contributed by atoms with Crippen LogP contribution in [-0.2, 0) is 19.6 Å². The third kappa shape index (κ3) is 3.02. The van der Waals surface area contributed by atoms with Crippen molar-refractivity contribution >= 4 is 22.9 Å².